The molecule has 0 aliphatic carbocycles. The number of amides is 1. The van der Waals surface area contributed by atoms with Gasteiger partial charge in [-0.05, 0) is 61.9 Å². The first-order valence-electron chi connectivity index (χ1n) is 11.1. The zero-order valence-electron chi connectivity index (χ0n) is 17.8. The Morgan fingerprint density at radius 2 is 1.66 bits per heavy atom. The van der Waals surface area contributed by atoms with Crippen LogP contribution in [0.2, 0.25) is 0 Å². The SMILES string of the molecule is O=C(Nc1cccc(SN2CCCC2)c1)c1cc(C(F)(F)F)cnc1N1CCCCCC1. The monoisotopic (exact) mass is 464 g/mol. The second kappa shape index (κ2) is 10.1. The molecule has 2 saturated heterocycles. The predicted octanol–water partition coefficient (Wildman–Crippen LogP) is 5.84. The highest BCUT2D eigenvalue weighted by molar-refractivity contribution is 7.97. The third-order valence-corrected chi connectivity index (χ3v) is 6.82. The van der Waals surface area contributed by atoms with E-state index >= 15 is 0 Å². The highest BCUT2D eigenvalue weighted by Gasteiger charge is 2.33. The van der Waals surface area contributed by atoms with Gasteiger partial charge in [0, 0.05) is 43.0 Å². The van der Waals surface area contributed by atoms with Crippen molar-refractivity contribution >= 4 is 29.4 Å². The summed E-state index contributed by atoms with van der Waals surface area (Å²) in [5, 5.41) is 2.79. The van der Waals surface area contributed by atoms with Crippen molar-refractivity contribution in [2.24, 2.45) is 0 Å². The number of rotatable bonds is 5. The number of halogens is 3. The summed E-state index contributed by atoms with van der Waals surface area (Å²) in [5.41, 5.74) is -0.405. The number of hydrogen-bond donors (Lipinski definition) is 1. The summed E-state index contributed by atoms with van der Waals surface area (Å²) < 4.78 is 42.3. The van der Waals surface area contributed by atoms with Crippen molar-refractivity contribution in [3.63, 3.8) is 0 Å². The van der Waals surface area contributed by atoms with E-state index in [-0.39, 0.29) is 5.56 Å². The summed E-state index contributed by atoms with van der Waals surface area (Å²) in [5.74, 6) is -0.258. The molecule has 32 heavy (non-hydrogen) atoms. The van der Waals surface area contributed by atoms with Crippen LogP contribution >= 0.6 is 11.9 Å². The summed E-state index contributed by atoms with van der Waals surface area (Å²) >= 11 is 1.63. The van der Waals surface area contributed by atoms with Gasteiger partial charge in [-0.1, -0.05) is 18.9 Å². The van der Waals surface area contributed by atoms with Gasteiger partial charge in [0.1, 0.15) is 5.82 Å². The molecule has 5 nitrogen and oxygen atoms in total. The zero-order valence-corrected chi connectivity index (χ0v) is 18.6. The second-order valence-corrected chi connectivity index (χ2v) is 9.37. The molecule has 1 aromatic carbocycles. The minimum atomic E-state index is -4.56. The van der Waals surface area contributed by atoms with Gasteiger partial charge in [-0.25, -0.2) is 9.29 Å². The first-order valence-corrected chi connectivity index (χ1v) is 11.8. The fraction of sp³-hybridized carbons (Fsp3) is 0.478. The maximum atomic E-state index is 13.4. The molecule has 1 N–H and O–H groups in total. The van der Waals surface area contributed by atoms with E-state index < -0.39 is 17.6 Å². The van der Waals surface area contributed by atoms with Gasteiger partial charge in [-0.3, -0.25) is 4.79 Å². The Hall–Kier alpha value is -2.26. The molecule has 0 unspecified atom stereocenters. The van der Waals surface area contributed by atoms with E-state index in [1.54, 1.807) is 18.0 Å². The van der Waals surface area contributed by atoms with E-state index in [0.29, 0.717) is 24.6 Å². The van der Waals surface area contributed by atoms with Crippen molar-refractivity contribution in [1.82, 2.24) is 9.29 Å². The third kappa shape index (κ3) is 5.75. The predicted molar refractivity (Wildman–Crippen MR) is 121 cm³/mol. The lowest BCUT2D eigenvalue weighted by Gasteiger charge is -2.24. The van der Waals surface area contributed by atoms with Crippen LogP contribution in [-0.4, -0.2) is 41.4 Å². The van der Waals surface area contributed by atoms with E-state index in [1.807, 2.05) is 23.1 Å². The van der Waals surface area contributed by atoms with Crippen LogP contribution in [0, 0.1) is 0 Å². The number of hydrogen-bond acceptors (Lipinski definition) is 5. The van der Waals surface area contributed by atoms with Crippen LogP contribution in [0.25, 0.3) is 0 Å². The van der Waals surface area contributed by atoms with Crippen molar-refractivity contribution in [3.8, 4) is 0 Å². The minimum absolute atomic E-state index is 0.0423. The Labute approximate surface area is 190 Å². The van der Waals surface area contributed by atoms with Gasteiger partial charge in [0.15, 0.2) is 0 Å². The maximum Gasteiger partial charge on any atom is 0.417 e. The molecule has 2 aliphatic rings. The van der Waals surface area contributed by atoms with Crippen LogP contribution in [-0.2, 0) is 6.18 Å². The van der Waals surface area contributed by atoms with Gasteiger partial charge in [-0.15, -0.1) is 0 Å². The summed E-state index contributed by atoms with van der Waals surface area (Å²) in [6.45, 7) is 3.41. The molecule has 0 spiro atoms. The van der Waals surface area contributed by atoms with E-state index in [2.05, 4.69) is 14.6 Å². The Morgan fingerprint density at radius 1 is 0.969 bits per heavy atom. The fourth-order valence-corrected chi connectivity index (χ4v) is 5.13. The van der Waals surface area contributed by atoms with E-state index in [4.69, 9.17) is 0 Å². The molecule has 0 saturated carbocycles. The largest absolute Gasteiger partial charge is 0.417 e. The Bertz CT molecular complexity index is 939. The number of carbonyl (C=O) groups excluding carboxylic acids is 1. The van der Waals surface area contributed by atoms with Gasteiger partial charge in [-0.2, -0.15) is 13.2 Å². The molecule has 9 heteroatoms. The van der Waals surface area contributed by atoms with E-state index in [1.165, 1.54) is 12.8 Å². The molecule has 4 rings (SSSR count). The number of alkyl halides is 3. The van der Waals surface area contributed by atoms with Gasteiger partial charge in [0.2, 0.25) is 0 Å². The number of aromatic nitrogens is 1. The van der Waals surface area contributed by atoms with Crippen LogP contribution in [0.4, 0.5) is 24.7 Å². The lowest BCUT2D eigenvalue weighted by Crippen LogP contribution is -2.28. The molecular weight excluding hydrogens is 437 g/mol. The maximum absolute atomic E-state index is 13.4. The highest BCUT2D eigenvalue weighted by atomic mass is 32.2. The molecule has 0 radical (unpaired) electrons. The lowest BCUT2D eigenvalue weighted by atomic mass is 10.1. The highest BCUT2D eigenvalue weighted by Crippen LogP contribution is 2.33. The molecule has 0 atom stereocenters. The number of benzene rings is 1. The van der Waals surface area contributed by atoms with Crippen LogP contribution in [0.5, 0.6) is 0 Å². The van der Waals surface area contributed by atoms with Crippen molar-refractivity contribution in [2.45, 2.75) is 49.6 Å². The first kappa shape index (κ1) is 22.9. The molecule has 2 aliphatic heterocycles. The molecule has 0 bridgehead atoms. The smallest absolute Gasteiger partial charge is 0.356 e. The van der Waals surface area contributed by atoms with E-state index in [9.17, 15) is 18.0 Å². The summed E-state index contributed by atoms with van der Waals surface area (Å²) in [7, 11) is 0. The van der Waals surface area contributed by atoms with Crippen LogP contribution in [0.1, 0.15) is 54.4 Å². The average Bonchev–Trinajstić information content (AvgIpc) is 3.12. The molecule has 1 amide bonds. The molecule has 3 heterocycles. The van der Waals surface area contributed by atoms with Gasteiger partial charge in [0.05, 0.1) is 11.1 Å². The molecule has 2 fully saturated rings. The number of nitrogens with zero attached hydrogens (tertiary/aromatic N) is 3. The quantitative estimate of drug-likeness (QED) is 0.564. The number of pyridine rings is 1. The standard InChI is InChI=1S/C23H27F3N4OS/c24-23(25,26)17-14-20(21(27-16-17)29-10-3-1-2-4-11-29)22(31)28-18-8-7-9-19(15-18)32-30-12-5-6-13-30/h7-9,14-16H,1-6,10-13H2,(H,28,31). The van der Waals surface area contributed by atoms with Crippen LogP contribution < -0.4 is 10.2 Å². The summed E-state index contributed by atoms with van der Waals surface area (Å²) in [6.07, 6.45) is 2.60. The number of nitrogens with one attached hydrogen (secondary N) is 1. The van der Waals surface area contributed by atoms with Crippen molar-refractivity contribution < 1.29 is 18.0 Å². The Balaban J connectivity index is 1.58. The van der Waals surface area contributed by atoms with Crippen molar-refractivity contribution in [3.05, 3.63) is 47.7 Å². The summed E-state index contributed by atoms with van der Waals surface area (Å²) in [4.78, 5) is 20.1. The zero-order chi connectivity index (χ0) is 22.6. The van der Waals surface area contributed by atoms with E-state index in [0.717, 1.165) is 55.9 Å². The Morgan fingerprint density at radius 3 is 2.34 bits per heavy atom. The van der Waals surface area contributed by atoms with Gasteiger partial charge in [0.25, 0.3) is 5.91 Å². The topological polar surface area (TPSA) is 48.5 Å². The fourth-order valence-electron chi connectivity index (χ4n) is 4.07. The Kier molecular flexibility index (Phi) is 7.25. The van der Waals surface area contributed by atoms with Crippen molar-refractivity contribution in [1.29, 1.82) is 0 Å². The average molecular weight is 465 g/mol. The van der Waals surface area contributed by atoms with Crippen LogP contribution in [0.15, 0.2) is 41.4 Å². The molecular formula is C23H27F3N4OS. The molecule has 172 valence electrons. The lowest BCUT2D eigenvalue weighted by molar-refractivity contribution is -0.137. The third-order valence-electron chi connectivity index (χ3n) is 5.74. The molecule has 2 aromatic rings. The number of anilines is 2. The van der Waals surface area contributed by atoms with Crippen LogP contribution in [0.3, 0.4) is 0 Å². The van der Waals surface area contributed by atoms with Gasteiger partial charge < -0.3 is 10.2 Å². The van der Waals surface area contributed by atoms with Crippen molar-refractivity contribution in [2.75, 3.05) is 36.4 Å². The van der Waals surface area contributed by atoms with Gasteiger partial charge >= 0.3 is 6.18 Å². The first-order chi connectivity index (χ1) is 15.4. The molecule has 1 aromatic heterocycles. The number of carbonyl (C=O) groups is 1. The normalized spacial score (nSPS) is 17.9. The minimum Gasteiger partial charge on any atom is -0.356 e. The second-order valence-electron chi connectivity index (χ2n) is 8.20. The summed E-state index contributed by atoms with van der Waals surface area (Å²) in [6, 6.07) is 8.33.